The van der Waals surface area contributed by atoms with E-state index in [4.69, 9.17) is 0 Å². The normalized spacial score (nSPS) is 31.3. The van der Waals surface area contributed by atoms with Crippen molar-refractivity contribution in [3.63, 3.8) is 0 Å². The van der Waals surface area contributed by atoms with E-state index in [2.05, 4.69) is 30.9 Å². The summed E-state index contributed by atoms with van der Waals surface area (Å²) in [5.74, 6) is 5.75. The first-order valence-electron chi connectivity index (χ1n) is 8.60. The predicted octanol–water partition coefficient (Wildman–Crippen LogP) is 4.71. The molecule has 1 aliphatic heterocycles. The van der Waals surface area contributed by atoms with Crippen molar-refractivity contribution in [1.82, 2.24) is 5.32 Å². The van der Waals surface area contributed by atoms with Gasteiger partial charge in [-0.3, -0.25) is 0 Å². The maximum Gasteiger partial charge on any atom is 0.00980 e. The topological polar surface area (TPSA) is 12.0 Å². The second-order valence-corrected chi connectivity index (χ2v) is 8.11. The first-order chi connectivity index (χ1) is 9.29. The summed E-state index contributed by atoms with van der Waals surface area (Å²) >= 11 is 2.16. The Labute approximate surface area is 124 Å². The summed E-state index contributed by atoms with van der Waals surface area (Å²) < 4.78 is 0. The molecule has 2 aliphatic rings. The first-order valence-corrected chi connectivity index (χ1v) is 9.76. The fraction of sp³-hybridized carbons (Fsp3) is 1.00. The lowest BCUT2D eigenvalue weighted by Gasteiger charge is -2.36. The minimum atomic E-state index is 0.816. The van der Waals surface area contributed by atoms with Crippen molar-refractivity contribution in [2.24, 2.45) is 17.8 Å². The van der Waals surface area contributed by atoms with Gasteiger partial charge >= 0.3 is 0 Å². The van der Waals surface area contributed by atoms with Crippen LogP contribution in [0.4, 0.5) is 0 Å². The van der Waals surface area contributed by atoms with Crippen molar-refractivity contribution in [2.45, 2.75) is 71.3 Å². The monoisotopic (exact) mass is 283 g/mol. The highest BCUT2D eigenvalue weighted by Crippen LogP contribution is 2.35. The van der Waals surface area contributed by atoms with E-state index in [1.807, 2.05) is 0 Å². The van der Waals surface area contributed by atoms with E-state index in [-0.39, 0.29) is 0 Å². The summed E-state index contributed by atoms with van der Waals surface area (Å²) in [6.45, 7) is 5.97. The maximum atomic E-state index is 3.90. The Morgan fingerprint density at radius 3 is 2.63 bits per heavy atom. The van der Waals surface area contributed by atoms with Crippen LogP contribution in [0, 0.1) is 17.8 Å². The molecule has 19 heavy (non-hydrogen) atoms. The van der Waals surface area contributed by atoms with E-state index in [1.165, 1.54) is 69.4 Å². The van der Waals surface area contributed by atoms with Gasteiger partial charge < -0.3 is 5.32 Å². The molecule has 2 heteroatoms. The molecule has 0 spiro atoms. The number of nitrogens with one attached hydrogen (secondary N) is 1. The molecule has 1 saturated heterocycles. The molecule has 0 amide bonds. The molecule has 1 aliphatic carbocycles. The van der Waals surface area contributed by atoms with Gasteiger partial charge in [-0.05, 0) is 74.3 Å². The van der Waals surface area contributed by atoms with Gasteiger partial charge in [-0.25, -0.2) is 0 Å². The fourth-order valence-electron chi connectivity index (χ4n) is 3.96. The highest BCUT2D eigenvalue weighted by Gasteiger charge is 2.28. The molecule has 3 atom stereocenters. The summed E-state index contributed by atoms with van der Waals surface area (Å²) in [5.41, 5.74) is 0. The molecule has 3 unspecified atom stereocenters. The van der Waals surface area contributed by atoms with E-state index in [9.17, 15) is 0 Å². The van der Waals surface area contributed by atoms with Gasteiger partial charge in [0.15, 0.2) is 0 Å². The average Bonchev–Trinajstić information content (AvgIpc) is 2.44. The lowest BCUT2D eigenvalue weighted by atomic mass is 9.75. The molecule has 0 bridgehead atoms. The quantitative estimate of drug-likeness (QED) is 0.757. The smallest absolute Gasteiger partial charge is 0.00980 e. The van der Waals surface area contributed by atoms with Gasteiger partial charge in [0.05, 0.1) is 0 Å². The standard InChI is InChI=1S/C17H33NS/c1-3-9-18-17(13-15-7-10-19-11-8-15)16-6-4-5-14(2)12-16/h14-18H,3-13H2,1-2H3. The van der Waals surface area contributed by atoms with Crippen LogP contribution >= 0.6 is 11.8 Å². The number of hydrogen-bond acceptors (Lipinski definition) is 2. The van der Waals surface area contributed by atoms with Crippen LogP contribution in [0.25, 0.3) is 0 Å². The molecule has 2 fully saturated rings. The van der Waals surface area contributed by atoms with Crippen molar-refractivity contribution in [1.29, 1.82) is 0 Å². The zero-order valence-electron chi connectivity index (χ0n) is 13.0. The number of rotatable bonds is 6. The first kappa shape index (κ1) is 15.7. The van der Waals surface area contributed by atoms with Crippen molar-refractivity contribution < 1.29 is 0 Å². The molecular weight excluding hydrogens is 250 g/mol. The lowest BCUT2D eigenvalue weighted by molar-refractivity contribution is 0.196. The Hall–Kier alpha value is 0.310. The van der Waals surface area contributed by atoms with Crippen LogP contribution in [0.15, 0.2) is 0 Å². The maximum absolute atomic E-state index is 3.90. The fourth-order valence-corrected chi connectivity index (χ4v) is 5.16. The number of thioether (sulfide) groups is 1. The Morgan fingerprint density at radius 2 is 1.95 bits per heavy atom. The molecule has 0 radical (unpaired) electrons. The number of hydrogen-bond donors (Lipinski definition) is 1. The van der Waals surface area contributed by atoms with Gasteiger partial charge in [0.2, 0.25) is 0 Å². The van der Waals surface area contributed by atoms with E-state index >= 15 is 0 Å². The van der Waals surface area contributed by atoms with E-state index in [0.29, 0.717) is 0 Å². The summed E-state index contributed by atoms with van der Waals surface area (Å²) in [6, 6.07) is 0.816. The zero-order chi connectivity index (χ0) is 13.5. The minimum Gasteiger partial charge on any atom is -0.314 e. The van der Waals surface area contributed by atoms with Crippen molar-refractivity contribution in [2.75, 3.05) is 18.1 Å². The third-order valence-corrected chi connectivity index (χ3v) is 6.18. The summed E-state index contributed by atoms with van der Waals surface area (Å²) in [7, 11) is 0. The van der Waals surface area contributed by atoms with Crippen LogP contribution in [0.2, 0.25) is 0 Å². The SMILES string of the molecule is CCCNC(CC1CCSCC1)C1CCCC(C)C1. The van der Waals surface area contributed by atoms with E-state index in [1.54, 1.807) is 0 Å². The van der Waals surface area contributed by atoms with Crippen LogP contribution < -0.4 is 5.32 Å². The molecule has 1 N–H and O–H groups in total. The van der Waals surface area contributed by atoms with Gasteiger partial charge in [-0.15, -0.1) is 0 Å². The average molecular weight is 284 g/mol. The van der Waals surface area contributed by atoms with Gasteiger partial charge in [0, 0.05) is 6.04 Å². The third-order valence-electron chi connectivity index (χ3n) is 5.13. The highest BCUT2D eigenvalue weighted by molar-refractivity contribution is 7.99. The summed E-state index contributed by atoms with van der Waals surface area (Å²) in [4.78, 5) is 0. The van der Waals surface area contributed by atoms with Crippen molar-refractivity contribution >= 4 is 11.8 Å². The van der Waals surface area contributed by atoms with E-state index in [0.717, 1.165) is 23.8 Å². The Morgan fingerprint density at radius 1 is 1.16 bits per heavy atom. The molecule has 2 rings (SSSR count). The van der Waals surface area contributed by atoms with Crippen LogP contribution in [0.1, 0.15) is 65.2 Å². The van der Waals surface area contributed by atoms with Crippen molar-refractivity contribution in [3.05, 3.63) is 0 Å². The lowest BCUT2D eigenvalue weighted by Crippen LogP contribution is -2.40. The molecule has 0 aromatic carbocycles. The minimum absolute atomic E-state index is 0.816. The van der Waals surface area contributed by atoms with Gasteiger partial charge in [-0.2, -0.15) is 11.8 Å². The summed E-state index contributed by atoms with van der Waals surface area (Å²) in [6.07, 6.45) is 11.6. The Balaban J connectivity index is 1.85. The highest BCUT2D eigenvalue weighted by atomic mass is 32.2. The predicted molar refractivity (Wildman–Crippen MR) is 87.9 cm³/mol. The molecule has 112 valence electrons. The Kier molecular flexibility index (Phi) is 7.07. The van der Waals surface area contributed by atoms with Gasteiger partial charge in [-0.1, -0.05) is 26.7 Å². The second-order valence-electron chi connectivity index (χ2n) is 6.88. The van der Waals surface area contributed by atoms with Gasteiger partial charge in [0.1, 0.15) is 0 Å². The summed E-state index contributed by atoms with van der Waals surface area (Å²) in [5, 5.41) is 3.90. The van der Waals surface area contributed by atoms with Crippen LogP contribution in [0.3, 0.4) is 0 Å². The zero-order valence-corrected chi connectivity index (χ0v) is 13.8. The molecule has 1 nitrogen and oxygen atoms in total. The second kappa shape index (κ2) is 8.56. The third kappa shape index (κ3) is 5.30. The van der Waals surface area contributed by atoms with Crippen LogP contribution in [0.5, 0.6) is 0 Å². The van der Waals surface area contributed by atoms with Crippen LogP contribution in [-0.2, 0) is 0 Å². The van der Waals surface area contributed by atoms with Crippen LogP contribution in [-0.4, -0.2) is 24.1 Å². The molecule has 1 saturated carbocycles. The molecular formula is C17H33NS. The largest absolute Gasteiger partial charge is 0.314 e. The van der Waals surface area contributed by atoms with Gasteiger partial charge in [0.25, 0.3) is 0 Å². The molecule has 0 aromatic rings. The molecule has 1 heterocycles. The molecule has 0 aromatic heterocycles. The Bertz CT molecular complexity index is 237. The van der Waals surface area contributed by atoms with Crippen molar-refractivity contribution in [3.8, 4) is 0 Å². The van der Waals surface area contributed by atoms with E-state index < -0.39 is 0 Å².